The van der Waals surface area contributed by atoms with Crippen LogP contribution in [-0.2, 0) is 30.8 Å². The highest BCUT2D eigenvalue weighted by molar-refractivity contribution is 8.04. The number of carbonyl (C=O) groups excluding carboxylic acids is 3. The Balaban J connectivity index is 1.55. The molecule has 2 aromatic carbocycles. The average molecular weight is 559 g/mol. The van der Waals surface area contributed by atoms with E-state index in [0.29, 0.717) is 12.0 Å². The molecule has 13 heteroatoms. The minimum atomic E-state index is -4.50. The number of nitrogens with one attached hydrogen (secondary N) is 1. The summed E-state index contributed by atoms with van der Waals surface area (Å²) in [5.41, 5.74) is -0.417. The van der Waals surface area contributed by atoms with Crippen molar-refractivity contribution in [1.82, 2.24) is 14.5 Å². The number of aryl methyl sites for hydroxylation is 1. The molecule has 0 radical (unpaired) electrons. The van der Waals surface area contributed by atoms with Crippen molar-refractivity contribution in [3.8, 4) is 0 Å². The maximum Gasteiger partial charge on any atom is 0.325 e. The van der Waals surface area contributed by atoms with Crippen molar-refractivity contribution in [2.75, 3.05) is 26.2 Å². The third kappa shape index (κ3) is 5.70. The molecule has 0 aromatic heterocycles. The van der Waals surface area contributed by atoms with Crippen LogP contribution in [-0.4, -0.2) is 77.5 Å². The van der Waals surface area contributed by atoms with Crippen molar-refractivity contribution in [3.05, 3.63) is 75.3 Å². The van der Waals surface area contributed by atoms with E-state index in [-0.39, 0.29) is 56.2 Å². The standard InChI is InChI=1S/C26H30N4O8S/c1-3-38-23(31)17-29-24(32)22(15-19-7-5-4-6-8-19)27-26(29)11-13-28(14-12-26)39(36,37)25(33)21-16-20(30(34)35)10-9-18(21)2/h4-10,16,22,27H,3,11-15,17H2,1-2H3. The van der Waals surface area contributed by atoms with Crippen LogP contribution in [0, 0.1) is 17.0 Å². The monoisotopic (exact) mass is 558 g/mol. The molecule has 12 nitrogen and oxygen atoms in total. The zero-order chi connectivity index (χ0) is 28.4. The maximum absolute atomic E-state index is 13.4. The van der Waals surface area contributed by atoms with E-state index >= 15 is 0 Å². The summed E-state index contributed by atoms with van der Waals surface area (Å²) < 4.78 is 32.6. The molecule has 0 saturated carbocycles. The number of amides is 1. The highest BCUT2D eigenvalue weighted by Crippen LogP contribution is 2.35. The summed E-state index contributed by atoms with van der Waals surface area (Å²) >= 11 is 0. The van der Waals surface area contributed by atoms with E-state index < -0.39 is 37.7 Å². The first-order valence-corrected chi connectivity index (χ1v) is 14.0. The maximum atomic E-state index is 13.4. The van der Waals surface area contributed by atoms with Crippen LogP contribution < -0.4 is 5.32 Å². The Hall–Kier alpha value is -3.68. The molecule has 2 aliphatic rings. The number of nitro benzene ring substituents is 1. The molecule has 1 spiro atoms. The number of non-ortho nitro benzene ring substituents is 1. The van der Waals surface area contributed by atoms with Crippen LogP contribution in [0.1, 0.15) is 41.3 Å². The van der Waals surface area contributed by atoms with Gasteiger partial charge >= 0.3 is 5.97 Å². The number of piperidine rings is 1. The minimum absolute atomic E-state index is 0.0975. The van der Waals surface area contributed by atoms with Crippen LogP contribution in [0.4, 0.5) is 5.69 Å². The topological polar surface area (TPSA) is 156 Å². The molecule has 4 rings (SSSR count). The molecule has 2 aliphatic heterocycles. The Bertz CT molecular complexity index is 1390. The van der Waals surface area contributed by atoms with Crippen LogP contribution in [0.2, 0.25) is 0 Å². The molecule has 2 fully saturated rings. The number of carbonyl (C=O) groups is 3. The molecule has 2 heterocycles. The fraction of sp³-hybridized carbons (Fsp3) is 0.423. The van der Waals surface area contributed by atoms with Gasteiger partial charge in [-0.05, 0) is 44.2 Å². The summed E-state index contributed by atoms with van der Waals surface area (Å²) in [7, 11) is -4.50. The van der Waals surface area contributed by atoms with Gasteiger partial charge < -0.3 is 9.64 Å². The second-order valence-electron chi connectivity index (χ2n) is 9.60. The van der Waals surface area contributed by atoms with Gasteiger partial charge in [-0.15, -0.1) is 0 Å². The number of rotatable bonds is 8. The zero-order valence-electron chi connectivity index (χ0n) is 21.7. The van der Waals surface area contributed by atoms with Gasteiger partial charge in [-0.25, -0.2) is 8.42 Å². The Kier molecular flexibility index (Phi) is 8.14. The Morgan fingerprint density at radius 2 is 1.82 bits per heavy atom. The minimum Gasteiger partial charge on any atom is -0.465 e. The molecular formula is C26H30N4O8S. The molecule has 2 saturated heterocycles. The van der Waals surface area contributed by atoms with Gasteiger partial charge in [-0.2, -0.15) is 4.31 Å². The highest BCUT2D eigenvalue weighted by atomic mass is 32.2. The molecule has 208 valence electrons. The number of hydrogen-bond acceptors (Lipinski definition) is 9. The molecule has 0 bridgehead atoms. The molecule has 39 heavy (non-hydrogen) atoms. The largest absolute Gasteiger partial charge is 0.465 e. The second kappa shape index (κ2) is 11.2. The number of benzene rings is 2. The van der Waals surface area contributed by atoms with E-state index in [1.165, 1.54) is 24.0 Å². The average Bonchev–Trinajstić information content (AvgIpc) is 3.14. The van der Waals surface area contributed by atoms with Gasteiger partial charge in [0.15, 0.2) is 0 Å². The van der Waals surface area contributed by atoms with E-state index in [9.17, 15) is 32.9 Å². The molecular weight excluding hydrogens is 528 g/mol. The molecule has 0 aliphatic carbocycles. The van der Waals surface area contributed by atoms with Gasteiger partial charge in [0.1, 0.15) is 6.54 Å². The fourth-order valence-corrected chi connectivity index (χ4v) is 6.52. The first kappa shape index (κ1) is 28.3. The first-order chi connectivity index (χ1) is 18.5. The quantitative estimate of drug-likeness (QED) is 0.290. The van der Waals surface area contributed by atoms with E-state index in [2.05, 4.69) is 5.32 Å². The summed E-state index contributed by atoms with van der Waals surface area (Å²) in [5.74, 6) is -0.856. The lowest BCUT2D eigenvalue weighted by atomic mass is 9.97. The number of hydrogen-bond donors (Lipinski definition) is 1. The number of sulfonamides is 1. The van der Waals surface area contributed by atoms with Crippen molar-refractivity contribution >= 4 is 32.7 Å². The van der Waals surface area contributed by atoms with Crippen LogP contribution in [0.3, 0.4) is 0 Å². The second-order valence-corrected chi connectivity index (χ2v) is 11.4. The highest BCUT2D eigenvalue weighted by Gasteiger charge is 2.53. The van der Waals surface area contributed by atoms with E-state index in [4.69, 9.17) is 4.74 Å². The van der Waals surface area contributed by atoms with E-state index in [1.807, 2.05) is 30.3 Å². The van der Waals surface area contributed by atoms with Gasteiger partial charge in [0, 0.05) is 30.8 Å². The molecule has 1 N–H and O–H groups in total. The van der Waals surface area contributed by atoms with E-state index in [0.717, 1.165) is 15.9 Å². The summed E-state index contributed by atoms with van der Waals surface area (Å²) in [5, 5.41) is 13.3. The van der Waals surface area contributed by atoms with Crippen LogP contribution >= 0.6 is 0 Å². The summed E-state index contributed by atoms with van der Waals surface area (Å²) in [6.07, 6.45) is 0.640. The lowest BCUT2D eigenvalue weighted by molar-refractivity contribution is -0.384. The number of nitrogens with zero attached hydrogens (tertiary/aromatic N) is 3. The van der Waals surface area contributed by atoms with Gasteiger partial charge in [-0.1, -0.05) is 36.4 Å². The van der Waals surface area contributed by atoms with Crippen LogP contribution in [0.15, 0.2) is 48.5 Å². The van der Waals surface area contributed by atoms with Crippen molar-refractivity contribution in [3.63, 3.8) is 0 Å². The van der Waals surface area contributed by atoms with Gasteiger partial charge in [0.2, 0.25) is 5.91 Å². The SMILES string of the molecule is CCOC(=O)CN1C(=O)C(Cc2ccccc2)NC12CCN(S(=O)(=O)C(=O)c1cc([N+](=O)[O-])ccc1C)CC2. The van der Waals surface area contributed by atoms with Gasteiger partial charge in [-0.3, -0.25) is 29.8 Å². The predicted molar refractivity (Wildman–Crippen MR) is 140 cm³/mol. The van der Waals surface area contributed by atoms with Crippen LogP contribution in [0.5, 0.6) is 0 Å². The Morgan fingerprint density at radius 3 is 2.44 bits per heavy atom. The number of nitro groups is 1. The Morgan fingerprint density at radius 1 is 1.15 bits per heavy atom. The normalized spacial score (nSPS) is 19.3. The third-order valence-corrected chi connectivity index (χ3v) is 8.91. The van der Waals surface area contributed by atoms with Crippen molar-refractivity contribution in [2.45, 2.75) is 44.8 Å². The summed E-state index contributed by atoms with van der Waals surface area (Å²) in [6, 6.07) is 12.3. The first-order valence-electron chi connectivity index (χ1n) is 12.6. The molecule has 1 unspecified atom stereocenters. The molecule has 2 aromatic rings. The fourth-order valence-electron chi connectivity index (χ4n) is 5.13. The lowest BCUT2D eigenvalue weighted by Gasteiger charge is -2.43. The lowest BCUT2D eigenvalue weighted by Crippen LogP contribution is -2.60. The predicted octanol–water partition coefficient (Wildman–Crippen LogP) is 1.77. The van der Waals surface area contributed by atoms with Crippen molar-refractivity contribution < 1.29 is 32.5 Å². The van der Waals surface area contributed by atoms with Gasteiger partial charge in [0.05, 0.1) is 23.2 Å². The number of esters is 1. The Labute approximate surface area is 226 Å². The van der Waals surface area contributed by atoms with Crippen molar-refractivity contribution in [1.29, 1.82) is 0 Å². The number of ether oxygens (including phenoxy) is 1. The summed E-state index contributed by atoms with van der Waals surface area (Å²) in [4.78, 5) is 50.8. The molecule has 1 amide bonds. The van der Waals surface area contributed by atoms with Gasteiger partial charge in [0.25, 0.3) is 20.8 Å². The zero-order valence-corrected chi connectivity index (χ0v) is 22.5. The third-order valence-electron chi connectivity index (χ3n) is 7.17. The molecule has 1 atom stereocenters. The van der Waals surface area contributed by atoms with Crippen molar-refractivity contribution in [2.24, 2.45) is 0 Å². The smallest absolute Gasteiger partial charge is 0.325 e. The summed E-state index contributed by atoms with van der Waals surface area (Å²) in [6.45, 7) is 2.84. The van der Waals surface area contributed by atoms with Crippen LogP contribution in [0.25, 0.3) is 0 Å². The van der Waals surface area contributed by atoms with E-state index in [1.54, 1.807) is 6.92 Å².